The molecule has 1 fully saturated rings. The molecule has 2 aromatic carbocycles. The minimum atomic E-state index is -4.09. The summed E-state index contributed by atoms with van der Waals surface area (Å²) in [7, 11) is 0. The molecule has 0 radical (unpaired) electrons. The molecule has 12 nitrogen and oxygen atoms in total. The Labute approximate surface area is 248 Å². The molecule has 1 N–H and O–H groups in total. The average molecular weight is 624 g/mol. The van der Waals surface area contributed by atoms with Crippen LogP contribution in [0.4, 0.5) is 0 Å². The third-order valence-corrected chi connectivity index (χ3v) is 9.56. The highest BCUT2D eigenvalue weighted by Gasteiger charge is 2.53. The van der Waals surface area contributed by atoms with Gasteiger partial charge in [-0.2, -0.15) is 0 Å². The normalized spacial score (nSPS) is 22.0. The third-order valence-electron chi connectivity index (χ3n) is 5.77. The molecule has 0 bridgehead atoms. The summed E-state index contributed by atoms with van der Waals surface area (Å²) in [4.78, 5) is 48.0. The number of esters is 3. The van der Waals surface area contributed by atoms with E-state index in [-0.39, 0.29) is 13.2 Å². The van der Waals surface area contributed by atoms with Crippen LogP contribution in [0.3, 0.4) is 0 Å². The standard InChI is InChI=1S/C28H34NO11PS/c1-18(30)29-25-27(39-21(4)33)26(38-20(3)32)24(17-35-19(2)31)40-28(25)42-41(34,36-15-22-11-7-5-8-12-22)37-16-23-13-9-6-10-14-23/h5-14,24-28H,15-17H2,1-4H3,(H,29,30)/t24?,25?,26-,27?,28-/m1/s1. The summed E-state index contributed by atoms with van der Waals surface area (Å²) in [5.41, 5.74) is 0.220. The number of benzene rings is 2. The molecule has 5 atom stereocenters. The molecule has 3 rings (SSSR count). The number of nitrogens with one attached hydrogen (secondary N) is 1. The maximum Gasteiger partial charge on any atom is 0.392 e. The van der Waals surface area contributed by atoms with Crippen LogP contribution in [0.5, 0.6) is 0 Å². The Bertz CT molecular complexity index is 1220. The van der Waals surface area contributed by atoms with Crippen LogP contribution in [-0.2, 0) is 65.0 Å². The molecule has 42 heavy (non-hydrogen) atoms. The van der Waals surface area contributed by atoms with Crippen LogP contribution in [0.2, 0.25) is 0 Å². The van der Waals surface area contributed by atoms with Crippen LogP contribution in [0, 0.1) is 0 Å². The van der Waals surface area contributed by atoms with Gasteiger partial charge in [-0.05, 0) is 22.5 Å². The van der Waals surface area contributed by atoms with E-state index in [0.717, 1.165) is 25.0 Å². The third kappa shape index (κ3) is 10.6. The summed E-state index contributed by atoms with van der Waals surface area (Å²) in [5, 5.41) is 2.65. The Balaban J connectivity index is 1.98. The van der Waals surface area contributed by atoms with E-state index in [1.807, 2.05) is 12.1 Å². The van der Waals surface area contributed by atoms with Gasteiger partial charge in [0, 0.05) is 27.7 Å². The molecule has 0 spiro atoms. The van der Waals surface area contributed by atoms with Crippen molar-refractivity contribution in [1.29, 1.82) is 0 Å². The fourth-order valence-corrected chi connectivity index (χ4v) is 7.66. The van der Waals surface area contributed by atoms with Crippen molar-refractivity contribution in [2.24, 2.45) is 0 Å². The lowest BCUT2D eigenvalue weighted by atomic mass is 9.97. The largest absolute Gasteiger partial charge is 0.463 e. The SMILES string of the molecule is CC(=O)NC1C(OC(C)=O)[C@H](OC(C)=O)C(COC(C)=O)O[C@@H]1SP(=O)(OCc1ccccc1)OCc1ccccc1. The van der Waals surface area contributed by atoms with E-state index in [9.17, 15) is 23.7 Å². The highest BCUT2D eigenvalue weighted by atomic mass is 32.7. The van der Waals surface area contributed by atoms with E-state index in [1.54, 1.807) is 48.5 Å². The zero-order chi connectivity index (χ0) is 30.7. The Hall–Kier alpha value is -3.22. The first-order valence-corrected chi connectivity index (χ1v) is 16.0. The van der Waals surface area contributed by atoms with Crippen LogP contribution in [-0.4, -0.2) is 60.2 Å². The monoisotopic (exact) mass is 623 g/mol. The molecule has 1 aliphatic rings. The molecule has 0 saturated carbocycles. The molecule has 1 aliphatic heterocycles. The number of rotatable bonds is 13. The van der Waals surface area contributed by atoms with Gasteiger partial charge in [0.2, 0.25) is 5.91 Å². The maximum absolute atomic E-state index is 14.3. The van der Waals surface area contributed by atoms with Crippen molar-refractivity contribution in [2.75, 3.05) is 6.61 Å². The van der Waals surface area contributed by atoms with E-state index in [4.69, 9.17) is 28.0 Å². The molecule has 0 aromatic heterocycles. The van der Waals surface area contributed by atoms with Crippen molar-refractivity contribution in [3.63, 3.8) is 0 Å². The first-order chi connectivity index (χ1) is 20.0. The lowest BCUT2D eigenvalue weighted by Gasteiger charge is -2.45. The van der Waals surface area contributed by atoms with Gasteiger partial charge in [-0.3, -0.25) is 28.2 Å². The number of hydrogen-bond donors (Lipinski definition) is 1. The van der Waals surface area contributed by atoms with E-state index in [2.05, 4.69) is 5.32 Å². The number of carbonyl (C=O) groups is 4. The molecule has 2 aromatic rings. The van der Waals surface area contributed by atoms with Crippen LogP contribution in [0.1, 0.15) is 38.8 Å². The van der Waals surface area contributed by atoms with Gasteiger partial charge < -0.3 is 24.3 Å². The molecule has 1 saturated heterocycles. The van der Waals surface area contributed by atoms with Crippen molar-refractivity contribution in [3.05, 3.63) is 71.8 Å². The highest BCUT2D eigenvalue weighted by molar-refractivity contribution is 8.55. The summed E-state index contributed by atoms with van der Waals surface area (Å²) >= 11 is 0.648. The zero-order valence-electron chi connectivity index (χ0n) is 23.6. The number of amides is 1. The zero-order valence-corrected chi connectivity index (χ0v) is 25.3. The number of carbonyl (C=O) groups excluding carboxylic acids is 4. The van der Waals surface area contributed by atoms with Crippen LogP contribution in [0.25, 0.3) is 0 Å². The lowest BCUT2D eigenvalue weighted by Crippen LogP contribution is -2.65. The smallest absolute Gasteiger partial charge is 0.392 e. The predicted molar refractivity (Wildman–Crippen MR) is 152 cm³/mol. The van der Waals surface area contributed by atoms with Crippen molar-refractivity contribution in [3.8, 4) is 0 Å². The minimum Gasteiger partial charge on any atom is -0.463 e. The number of ether oxygens (including phenoxy) is 4. The van der Waals surface area contributed by atoms with Gasteiger partial charge in [-0.1, -0.05) is 60.7 Å². The summed E-state index contributed by atoms with van der Waals surface area (Å²) in [6.07, 6.45) is -3.76. The summed E-state index contributed by atoms with van der Waals surface area (Å²) in [5.74, 6) is -2.64. The summed E-state index contributed by atoms with van der Waals surface area (Å²) in [6, 6.07) is 16.9. The molecule has 14 heteroatoms. The van der Waals surface area contributed by atoms with Gasteiger partial charge >= 0.3 is 24.7 Å². The first kappa shape index (κ1) is 33.3. The van der Waals surface area contributed by atoms with Gasteiger partial charge in [0.25, 0.3) is 0 Å². The average Bonchev–Trinajstić information content (AvgIpc) is 2.93. The van der Waals surface area contributed by atoms with E-state index < -0.39 is 67.0 Å². The highest BCUT2D eigenvalue weighted by Crippen LogP contribution is 2.64. The van der Waals surface area contributed by atoms with Crippen LogP contribution < -0.4 is 5.32 Å². The Morgan fingerprint density at radius 3 is 1.74 bits per heavy atom. The molecule has 1 heterocycles. The second-order valence-electron chi connectivity index (χ2n) is 9.29. The number of hydrogen-bond acceptors (Lipinski definition) is 12. The van der Waals surface area contributed by atoms with Crippen molar-refractivity contribution >= 4 is 42.0 Å². The van der Waals surface area contributed by atoms with Gasteiger partial charge in [-0.25, -0.2) is 4.57 Å². The van der Waals surface area contributed by atoms with E-state index in [1.165, 1.54) is 13.8 Å². The lowest BCUT2D eigenvalue weighted by molar-refractivity contribution is -0.211. The van der Waals surface area contributed by atoms with Gasteiger partial charge in [0.05, 0.1) is 13.2 Å². The Kier molecular flexibility index (Phi) is 12.6. The first-order valence-electron chi connectivity index (χ1n) is 13.0. The maximum atomic E-state index is 14.3. The van der Waals surface area contributed by atoms with Gasteiger partial charge in [0.1, 0.15) is 24.2 Å². The van der Waals surface area contributed by atoms with Crippen molar-refractivity contribution in [2.45, 2.75) is 70.7 Å². The fourth-order valence-electron chi connectivity index (χ4n) is 4.06. The van der Waals surface area contributed by atoms with Crippen LogP contribution >= 0.6 is 18.2 Å². The topological polar surface area (TPSA) is 153 Å². The van der Waals surface area contributed by atoms with Crippen molar-refractivity contribution in [1.82, 2.24) is 5.32 Å². The molecule has 0 aliphatic carbocycles. The molecule has 3 unspecified atom stereocenters. The van der Waals surface area contributed by atoms with Crippen molar-refractivity contribution < 1.29 is 51.7 Å². The van der Waals surface area contributed by atoms with Gasteiger partial charge in [0.15, 0.2) is 12.2 Å². The molecule has 228 valence electrons. The summed E-state index contributed by atoms with van der Waals surface area (Å²) < 4.78 is 48.2. The molecule has 1 amide bonds. The molecular weight excluding hydrogens is 589 g/mol. The minimum absolute atomic E-state index is 0.0717. The molecular formula is C28H34NO11PS. The van der Waals surface area contributed by atoms with E-state index >= 15 is 0 Å². The predicted octanol–water partition coefficient (Wildman–Crippen LogP) is 3.92. The second-order valence-corrected chi connectivity index (χ2v) is 13.4. The second kappa shape index (κ2) is 15.9. The van der Waals surface area contributed by atoms with E-state index in [0.29, 0.717) is 11.4 Å². The van der Waals surface area contributed by atoms with Crippen LogP contribution in [0.15, 0.2) is 60.7 Å². The fraction of sp³-hybridized carbons (Fsp3) is 0.429. The Morgan fingerprint density at radius 1 is 0.786 bits per heavy atom. The quantitative estimate of drug-likeness (QED) is 0.196. The Morgan fingerprint density at radius 2 is 1.29 bits per heavy atom. The summed E-state index contributed by atoms with van der Waals surface area (Å²) in [6.45, 7) is 0.0780. The van der Waals surface area contributed by atoms with Gasteiger partial charge in [-0.15, -0.1) is 0 Å².